The number of carbonyl (C=O) groups excluding carboxylic acids is 1. The van der Waals surface area contributed by atoms with Crippen LogP contribution in [0.1, 0.15) is 54.4 Å². The van der Waals surface area contributed by atoms with Gasteiger partial charge in [0.2, 0.25) is 0 Å². The van der Waals surface area contributed by atoms with E-state index < -0.39 is 0 Å². The number of aromatic nitrogens is 1. The Morgan fingerprint density at radius 1 is 0.933 bits per heavy atom. The lowest BCUT2D eigenvalue weighted by molar-refractivity contribution is -0.0166. The van der Waals surface area contributed by atoms with Gasteiger partial charge in [0.25, 0.3) is 5.91 Å². The molecule has 30 heavy (non-hydrogen) atoms. The number of nitrogens with one attached hydrogen (secondary N) is 1. The predicted octanol–water partition coefficient (Wildman–Crippen LogP) is 5.91. The van der Waals surface area contributed by atoms with Gasteiger partial charge in [0, 0.05) is 16.5 Å². The molecule has 4 aliphatic carbocycles. The number of carbonyl (C=O) groups is 1. The summed E-state index contributed by atoms with van der Waals surface area (Å²) in [6, 6.07) is 18.4. The molecule has 3 aromatic rings. The van der Waals surface area contributed by atoms with Crippen LogP contribution in [0.2, 0.25) is 0 Å². The molecule has 3 heteroatoms. The van der Waals surface area contributed by atoms with E-state index in [9.17, 15) is 4.79 Å². The first-order valence-electron chi connectivity index (χ1n) is 11.4. The third-order valence-corrected chi connectivity index (χ3v) is 7.73. The first-order valence-corrected chi connectivity index (χ1v) is 11.4. The minimum absolute atomic E-state index is 0.0141. The Kier molecular flexibility index (Phi) is 4.02. The number of rotatable bonds is 3. The molecular formula is C27H28N2O. The lowest BCUT2D eigenvalue weighted by atomic mass is 9.53. The van der Waals surface area contributed by atoms with Crippen LogP contribution in [0, 0.1) is 24.7 Å². The zero-order valence-corrected chi connectivity index (χ0v) is 17.5. The monoisotopic (exact) mass is 396 g/mol. The molecule has 4 fully saturated rings. The van der Waals surface area contributed by atoms with Crippen LogP contribution >= 0.6 is 0 Å². The van der Waals surface area contributed by atoms with Crippen LogP contribution in [0.4, 0.5) is 0 Å². The first-order chi connectivity index (χ1) is 14.6. The fourth-order valence-corrected chi connectivity index (χ4v) is 6.81. The SMILES string of the molecule is Cc1ccc(-c2cc(C(=O)NC34CC5CC(CC(C5)C3)C4)c3ccccc3n2)cc1. The summed E-state index contributed by atoms with van der Waals surface area (Å²) < 4.78 is 0. The Morgan fingerprint density at radius 2 is 1.57 bits per heavy atom. The highest BCUT2D eigenvalue weighted by molar-refractivity contribution is 6.07. The van der Waals surface area contributed by atoms with Crippen LogP contribution < -0.4 is 5.32 Å². The molecule has 0 unspecified atom stereocenters. The quantitative estimate of drug-likeness (QED) is 0.598. The van der Waals surface area contributed by atoms with Crippen LogP contribution in [-0.2, 0) is 0 Å². The molecule has 1 amide bonds. The van der Waals surface area contributed by atoms with Gasteiger partial charge < -0.3 is 5.32 Å². The molecule has 152 valence electrons. The van der Waals surface area contributed by atoms with E-state index in [0.29, 0.717) is 0 Å². The van der Waals surface area contributed by atoms with E-state index in [4.69, 9.17) is 4.98 Å². The predicted molar refractivity (Wildman–Crippen MR) is 120 cm³/mol. The van der Waals surface area contributed by atoms with Gasteiger partial charge in [-0.15, -0.1) is 0 Å². The normalized spacial score (nSPS) is 29.3. The van der Waals surface area contributed by atoms with Crippen molar-refractivity contribution in [2.75, 3.05) is 0 Å². The Hall–Kier alpha value is -2.68. The molecule has 1 N–H and O–H groups in total. The van der Waals surface area contributed by atoms with Crippen molar-refractivity contribution in [3.8, 4) is 11.3 Å². The molecule has 3 nitrogen and oxygen atoms in total. The Morgan fingerprint density at radius 3 is 2.23 bits per heavy atom. The van der Waals surface area contributed by atoms with Crippen molar-refractivity contribution in [3.63, 3.8) is 0 Å². The lowest BCUT2D eigenvalue weighted by Gasteiger charge is -2.56. The third kappa shape index (κ3) is 3.03. The molecule has 0 radical (unpaired) electrons. The summed E-state index contributed by atoms with van der Waals surface area (Å²) in [5, 5.41) is 4.49. The van der Waals surface area contributed by atoms with E-state index >= 15 is 0 Å². The Labute approximate surface area is 177 Å². The molecule has 0 spiro atoms. The van der Waals surface area contributed by atoms with Crippen molar-refractivity contribution in [2.24, 2.45) is 17.8 Å². The maximum atomic E-state index is 13.6. The summed E-state index contributed by atoms with van der Waals surface area (Å²) in [5.74, 6) is 2.51. The van der Waals surface area contributed by atoms with E-state index in [1.165, 1.54) is 44.1 Å². The van der Waals surface area contributed by atoms with E-state index in [1.54, 1.807) is 0 Å². The van der Waals surface area contributed by atoms with Crippen molar-refractivity contribution in [1.29, 1.82) is 0 Å². The Bertz CT molecular complexity index is 1100. The van der Waals surface area contributed by atoms with E-state index in [2.05, 4.69) is 36.5 Å². The fraction of sp³-hybridized carbons (Fsp3) is 0.407. The van der Waals surface area contributed by atoms with E-state index in [1.807, 2.05) is 30.3 Å². The average molecular weight is 397 g/mol. The number of fused-ring (bicyclic) bond motifs is 1. The van der Waals surface area contributed by atoms with Crippen LogP contribution in [-0.4, -0.2) is 16.4 Å². The zero-order valence-electron chi connectivity index (χ0n) is 17.5. The van der Waals surface area contributed by atoms with Crippen LogP contribution in [0.5, 0.6) is 0 Å². The zero-order chi connectivity index (χ0) is 20.3. The number of benzene rings is 2. The van der Waals surface area contributed by atoms with Crippen LogP contribution in [0.25, 0.3) is 22.2 Å². The van der Waals surface area contributed by atoms with Gasteiger partial charge in [-0.3, -0.25) is 4.79 Å². The van der Waals surface area contributed by atoms with Gasteiger partial charge in [-0.05, 0) is 75.3 Å². The number of nitrogens with zero attached hydrogens (tertiary/aromatic N) is 1. The summed E-state index contributed by atoms with van der Waals surface area (Å²) in [7, 11) is 0. The maximum Gasteiger partial charge on any atom is 0.252 e. The van der Waals surface area contributed by atoms with E-state index in [0.717, 1.165) is 45.5 Å². The number of amides is 1. The molecular weight excluding hydrogens is 368 g/mol. The highest BCUT2D eigenvalue weighted by Crippen LogP contribution is 2.55. The summed E-state index contributed by atoms with van der Waals surface area (Å²) >= 11 is 0. The van der Waals surface area contributed by atoms with Crippen LogP contribution in [0.15, 0.2) is 54.6 Å². The standard InChI is InChI=1S/C27H28N2O/c1-17-6-8-21(9-7-17)25-13-23(22-4-2-3-5-24(22)28-25)26(30)29-27-14-18-10-19(15-27)12-20(11-18)16-27/h2-9,13,18-20H,10-12,14-16H2,1H3,(H,29,30). The second-order valence-electron chi connectivity index (χ2n) is 10.1. The van der Waals surface area contributed by atoms with Crippen LogP contribution in [0.3, 0.4) is 0 Å². The lowest BCUT2D eigenvalue weighted by Crippen LogP contribution is -2.59. The highest BCUT2D eigenvalue weighted by atomic mass is 16.1. The summed E-state index contributed by atoms with van der Waals surface area (Å²) in [4.78, 5) is 18.5. The molecule has 4 aliphatic rings. The van der Waals surface area contributed by atoms with Gasteiger partial charge >= 0.3 is 0 Å². The molecule has 2 aromatic carbocycles. The van der Waals surface area contributed by atoms with Gasteiger partial charge in [-0.1, -0.05) is 48.0 Å². The molecule has 1 aromatic heterocycles. The minimum atomic E-state index is 0.0141. The smallest absolute Gasteiger partial charge is 0.252 e. The van der Waals surface area contributed by atoms with Crippen molar-refractivity contribution < 1.29 is 4.79 Å². The Balaban J connectivity index is 1.39. The average Bonchev–Trinajstić information content (AvgIpc) is 2.72. The number of hydrogen-bond donors (Lipinski definition) is 1. The number of para-hydroxylation sites is 1. The second kappa shape index (κ2) is 6.66. The molecule has 4 saturated carbocycles. The highest BCUT2D eigenvalue weighted by Gasteiger charge is 2.51. The topological polar surface area (TPSA) is 42.0 Å². The van der Waals surface area contributed by atoms with E-state index in [-0.39, 0.29) is 11.4 Å². The maximum absolute atomic E-state index is 13.6. The van der Waals surface area contributed by atoms with Gasteiger partial charge in [-0.25, -0.2) is 4.98 Å². The fourth-order valence-electron chi connectivity index (χ4n) is 6.81. The number of hydrogen-bond acceptors (Lipinski definition) is 2. The summed E-state index contributed by atoms with van der Waals surface area (Å²) in [6.45, 7) is 2.09. The van der Waals surface area contributed by atoms with Gasteiger partial charge in [0.15, 0.2) is 0 Å². The molecule has 1 heterocycles. The summed E-state index contributed by atoms with van der Waals surface area (Å²) in [5.41, 5.74) is 4.79. The van der Waals surface area contributed by atoms with Crippen molar-refractivity contribution >= 4 is 16.8 Å². The molecule has 0 atom stereocenters. The largest absolute Gasteiger partial charge is 0.347 e. The molecule has 7 rings (SSSR count). The van der Waals surface area contributed by atoms with Crippen molar-refractivity contribution in [2.45, 2.75) is 51.0 Å². The van der Waals surface area contributed by atoms with Gasteiger partial charge in [-0.2, -0.15) is 0 Å². The molecule has 0 saturated heterocycles. The number of aryl methyl sites for hydroxylation is 1. The van der Waals surface area contributed by atoms with Gasteiger partial charge in [0.1, 0.15) is 0 Å². The number of pyridine rings is 1. The van der Waals surface area contributed by atoms with Crippen molar-refractivity contribution in [1.82, 2.24) is 10.3 Å². The summed E-state index contributed by atoms with van der Waals surface area (Å²) in [6.07, 6.45) is 7.64. The first kappa shape index (κ1) is 18.1. The van der Waals surface area contributed by atoms with Gasteiger partial charge in [0.05, 0.1) is 16.8 Å². The minimum Gasteiger partial charge on any atom is -0.347 e. The molecule has 4 bridgehead atoms. The third-order valence-electron chi connectivity index (χ3n) is 7.73. The van der Waals surface area contributed by atoms with Crippen molar-refractivity contribution in [3.05, 3.63) is 65.7 Å². The second-order valence-corrected chi connectivity index (χ2v) is 10.1. The molecule has 0 aliphatic heterocycles.